The third kappa shape index (κ3) is 4.06. The second kappa shape index (κ2) is 8.26. The molecule has 0 spiro atoms. The zero-order valence-electron chi connectivity index (χ0n) is 15.8. The van der Waals surface area contributed by atoms with Gasteiger partial charge in [0.1, 0.15) is 6.04 Å². The molecule has 4 heteroatoms. The second-order valence-electron chi connectivity index (χ2n) is 7.31. The number of carbonyl (C=O) groups is 2. The molecule has 1 atom stereocenters. The molecule has 0 unspecified atom stereocenters. The Balaban J connectivity index is 1.56. The number of nitrogens with one attached hydrogen (secondary N) is 1. The predicted octanol–water partition coefficient (Wildman–Crippen LogP) is 3.80. The molecule has 1 fully saturated rings. The van der Waals surface area contributed by atoms with Crippen molar-refractivity contribution in [3.05, 3.63) is 83.9 Å². The quantitative estimate of drug-likeness (QED) is 0.740. The summed E-state index contributed by atoms with van der Waals surface area (Å²) in [7, 11) is 0. The molecule has 0 radical (unpaired) electrons. The molecule has 0 saturated carbocycles. The maximum atomic E-state index is 13.0. The van der Waals surface area contributed by atoms with Gasteiger partial charge in [-0.05, 0) is 41.3 Å². The van der Waals surface area contributed by atoms with Crippen molar-refractivity contribution in [3.63, 3.8) is 0 Å². The van der Waals surface area contributed by atoms with Crippen LogP contribution in [-0.2, 0) is 11.2 Å². The second-order valence-corrected chi connectivity index (χ2v) is 7.31. The van der Waals surface area contributed by atoms with Crippen molar-refractivity contribution in [2.45, 2.75) is 25.3 Å². The van der Waals surface area contributed by atoms with Crippen molar-refractivity contribution >= 4 is 22.6 Å². The third-order valence-electron chi connectivity index (χ3n) is 5.32. The highest BCUT2D eigenvalue weighted by molar-refractivity contribution is 6.00. The van der Waals surface area contributed by atoms with Crippen LogP contribution in [0.4, 0.5) is 0 Å². The van der Waals surface area contributed by atoms with Gasteiger partial charge in [0.25, 0.3) is 5.91 Å². The number of fused-ring (bicyclic) bond motifs is 1. The summed E-state index contributed by atoms with van der Waals surface area (Å²) in [5.41, 5.74) is 1.62. The van der Waals surface area contributed by atoms with Gasteiger partial charge in [-0.15, -0.1) is 0 Å². The molecule has 1 saturated heterocycles. The molecule has 4 nitrogen and oxygen atoms in total. The Labute approximate surface area is 165 Å². The maximum Gasteiger partial charge on any atom is 0.251 e. The minimum Gasteiger partial charge on any atom is -0.341 e. The number of hydrogen-bond acceptors (Lipinski definition) is 2. The van der Waals surface area contributed by atoms with E-state index < -0.39 is 6.04 Å². The fraction of sp³-hybridized carbons (Fsp3) is 0.250. The molecule has 2 amide bonds. The first-order chi connectivity index (χ1) is 13.7. The van der Waals surface area contributed by atoms with E-state index in [0.717, 1.165) is 42.3 Å². The van der Waals surface area contributed by atoms with Gasteiger partial charge < -0.3 is 10.2 Å². The number of hydrogen-bond donors (Lipinski definition) is 1. The van der Waals surface area contributed by atoms with Crippen LogP contribution in [0.25, 0.3) is 10.8 Å². The lowest BCUT2D eigenvalue weighted by Crippen LogP contribution is -2.49. The smallest absolute Gasteiger partial charge is 0.251 e. The van der Waals surface area contributed by atoms with Gasteiger partial charge in [-0.1, -0.05) is 60.7 Å². The lowest BCUT2D eigenvalue weighted by Gasteiger charge is -2.24. The molecule has 0 aromatic heterocycles. The van der Waals surface area contributed by atoms with E-state index in [0.29, 0.717) is 12.0 Å². The predicted molar refractivity (Wildman–Crippen MR) is 111 cm³/mol. The molecule has 1 N–H and O–H groups in total. The van der Waals surface area contributed by atoms with E-state index in [2.05, 4.69) is 5.32 Å². The summed E-state index contributed by atoms with van der Waals surface area (Å²) in [6, 6.07) is 22.9. The van der Waals surface area contributed by atoms with Crippen LogP contribution < -0.4 is 5.32 Å². The largest absolute Gasteiger partial charge is 0.341 e. The first-order valence-corrected chi connectivity index (χ1v) is 9.83. The number of nitrogens with zero attached hydrogens (tertiary/aromatic N) is 1. The Morgan fingerprint density at radius 1 is 0.857 bits per heavy atom. The van der Waals surface area contributed by atoms with Crippen molar-refractivity contribution < 1.29 is 9.59 Å². The van der Waals surface area contributed by atoms with Crippen LogP contribution in [0.1, 0.15) is 28.8 Å². The van der Waals surface area contributed by atoms with Crippen LogP contribution >= 0.6 is 0 Å². The summed E-state index contributed by atoms with van der Waals surface area (Å²) in [6.45, 7) is 1.55. The summed E-state index contributed by atoms with van der Waals surface area (Å²) in [5.74, 6) is -0.199. The van der Waals surface area contributed by atoms with Gasteiger partial charge in [-0.2, -0.15) is 0 Å². The molecule has 0 bridgehead atoms. The minimum absolute atomic E-state index is 0.00972. The monoisotopic (exact) mass is 372 g/mol. The van der Waals surface area contributed by atoms with Crippen molar-refractivity contribution in [3.8, 4) is 0 Å². The average Bonchev–Trinajstić information content (AvgIpc) is 3.28. The molecule has 1 aliphatic heterocycles. The Morgan fingerprint density at radius 3 is 2.29 bits per heavy atom. The summed E-state index contributed by atoms with van der Waals surface area (Å²) in [6.07, 6.45) is 2.56. The summed E-state index contributed by atoms with van der Waals surface area (Å²) < 4.78 is 0. The first-order valence-electron chi connectivity index (χ1n) is 9.83. The molecular formula is C24H24N2O2. The molecule has 28 heavy (non-hydrogen) atoms. The Hall–Kier alpha value is -3.14. The van der Waals surface area contributed by atoms with Gasteiger partial charge in [-0.25, -0.2) is 0 Å². The van der Waals surface area contributed by atoms with Gasteiger partial charge in [0.15, 0.2) is 0 Å². The number of likely N-dealkylation sites (tertiary alicyclic amines) is 1. The lowest BCUT2D eigenvalue weighted by molar-refractivity contribution is -0.132. The van der Waals surface area contributed by atoms with E-state index in [9.17, 15) is 9.59 Å². The summed E-state index contributed by atoms with van der Waals surface area (Å²) in [5, 5.41) is 5.10. The molecule has 1 aliphatic rings. The van der Waals surface area contributed by atoms with Gasteiger partial charge >= 0.3 is 0 Å². The SMILES string of the molecule is O=C(N[C@@H](Cc1ccccc1)C(=O)N1CCCC1)c1ccc2ccccc2c1. The van der Waals surface area contributed by atoms with Crippen LogP contribution in [0.15, 0.2) is 72.8 Å². The molecular weight excluding hydrogens is 348 g/mol. The molecule has 1 heterocycles. The van der Waals surface area contributed by atoms with Crippen LogP contribution in [-0.4, -0.2) is 35.8 Å². The molecule has 0 aliphatic carbocycles. The summed E-state index contributed by atoms with van der Waals surface area (Å²) >= 11 is 0. The van der Waals surface area contributed by atoms with Crippen LogP contribution in [0.3, 0.4) is 0 Å². The van der Waals surface area contributed by atoms with E-state index in [1.807, 2.05) is 77.7 Å². The third-order valence-corrected chi connectivity index (χ3v) is 5.32. The Bertz CT molecular complexity index is 978. The summed E-state index contributed by atoms with van der Waals surface area (Å²) in [4.78, 5) is 27.8. The first kappa shape index (κ1) is 18.2. The fourth-order valence-electron chi connectivity index (χ4n) is 3.78. The van der Waals surface area contributed by atoms with Gasteiger partial charge in [-0.3, -0.25) is 9.59 Å². The zero-order valence-corrected chi connectivity index (χ0v) is 15.8. The van der Waals surface area contributed by atoms with Crippen LogP contribution in [0, 0.1) is 0 Å². The van der Waals surface area contributed by atoms with Crippen molar-refractivity contribution in [1.82, 2.24) is 10.2 Å². The van der Waals surface area contributed by atoms with E-state index >= 15 is 0 Å². The highest BCUT2D eigenvalue weighted by atomic mass is 16.2. The zero-order chi connectivity index (χ0) is 19.3. The molecule has 3 aromatic carbocycles. The standard InChI is InChI=1S/C24H24N2O2/c27-23(21-13-12-19-10-4-5-11-20(19)17-21)25-22(16-18-8-2-1-3-9-18)24(28)26-14-6-7-15-26/h1-5,8-13,17,22H,6-7,14-16H2,(H,25,27)/t22-/m0/s1. The van der Waals surface area contributed by atoms with E-state index in [4.69, 9.17) is 0 Å². The lowest BCUT2D eigenvalue weighted by atomic mass is 10.0. The van der Waals surface area contributed by atoms with Crippen LogP contribution in [0.2, 0.25) is 0 Å². The van der Waals surface area contributed by atoms with Crippen molar-refractivity contribution in [2.75, 3.05) is 13.1 Å². The number of benzene rings is 3. The Morgan fingerprint density at radius 2 is 1.54 bits per heavy atom. The van der Waals surface area contributed by atoms with Crippen molar-refractivity contribution in [1.29, 1.82) is 0 Å². The topological polar surface area (TPSA) is 49.4 Å². The average molecular weight is 372 g/mol. The molecule has 3 aromatic rings. The molecule has 4 rings (SSSR count). The number of amides is 2. The maximum absolute atomic E-state index is 13.0. The number of carbonyl (C=O) groups excluding carboxylic acids is 2. The normalized spacial score (nSPS) is 14.8. The Kier molecular flexibility index (Phi) is 5.38. The highest BCUT2D eigenvalue weighted by Gasteiger charge is 2.28. The van der Waals surface area contributed by atoms with Gasteiger partial charge in [0.05, 0.1) is 0 Å². The fourth-order valence-corrected chi connectivity index (χ4v) is 3.78. The van der Waals surface area contributed by atoms with Gasteiger partial charge in [0, 0.05) is 25.1 Å². The minimum atomic E-state index is -0.556. The number of rotatable bonds is 5. The van der Waals surface area contributed by atoms with Gasteiger partial charge in [0.2, 0.25) is 5.91 Å². The highest BCUT2D eigenvalue weighted by Crippen LogP contribution is 2.17. The van der Waals surface area contributed by atoms with E-state index in [1.165, 1.54) is 0 Å². The van der Waals surface area contributed by atoms with E-state index in [-0.39, 0.29) is 11.8 Å². The van der Waals surface area contributed by atoms with E-state index in [1.54, 1.807) is 0 Å². The van der Waals surface area contributed by atoms with Crippen molar-refractivity contribution in [2.24, 2.45) is 0 Å². The van der Waals surface area contributed by atoms with Crippen LogP contribution in [0.5, 0.6) is 0 Å². The molecule has 142 valence electrons.